The third-order valence-electron chi connectivity index (χ3n) is 0.866. The summed E-state index contributed by atoms with van der Waals surface area (Å²) in [5.74, 6) is 0. The van der Waals surface area contributed by atoms with E-state index >= 15 is 0 Å². The molecule has 0 aliphatic heterocycles. The van der Waals surface area contributed by atoms with Crippen LogP contribution < -0.4 is 0 Å². The molecule has 0 heterocycles. The summed E-state index contributed by atoms with van der Waals surface area (Å²) in [4.78, 5) is 0. The van der Waals surface area contributed by atoms with Gasteiger partial charge in [-0.3, -0.25) is 0 Å². The standard InChI is InChI=1S/C5H12O3/c1-8-3-2-5(7)4-6/h5-7H,2-4H2,1H3/t5-/m1/s1. The lowest BCUT2D eigenvalue weighted by molar-refractivity contribution is 0.0620. The second kappa shape index (κ2) is 5.03. The van der Waals surface area contributed by atoms with Crippen LogP contribution in [-0.2, 0) is 4.74 Å². The smallest absolute Gasteiger partial charge is 0.0792 e. The lowest BCUT2D eigenvalue weighted by Crippen LogP contribution is -2.13. The monoisotopic (exact) mass is 120 g/mol. The molecule has 0 unspecified atom stereocenters. The molecular formula is C5H12O3. The van der Waals surface area contributed by atoms with Crippen LogP contribution in [0.4, 0.5) is 0 Å². The molecule has 0 fully saturated rings. The van der Waals surface area contributed by atoms with E-state index in [9.17, 15) is 0 Å². The van der Waals surface area contributed by atoms with E-state index in [0.717, 1.165) is 0 Å². The third kappa shape index (κ3) is 4.05. The highest BCUT2D eigenvalue weighted by molar-refractivity contribution is 4.49. The van der Waals surface area contributed by atoms with Gasteiger partial charge in [-0.05, 0) is 6.42 Å². The van der Waals surface area contributed by atoms with Gasteiger partial charge in [0.05, 0.1) is 12.7 Å². The molecule has 3 nitrogen and oxygen atoms in total. The maximum Gasteiger partial charge on any atom is 0.0792 e. The summed E-state index contributed by atoms with van der Waals surface area (Å²) < 4.78 is 4.64. The zero-order chi connectivity index (χ0) is 6.41. The molecule has 0 saturated heterocycles. The molecule has 1 atom stereocenters. The highest BCUT2D eigenvalue weighted by atomic mass is 16.5. The number of hydrogen-bond donors (Lipinski definition) is 2. The average molecular weight is 120 g/mol. The molecule has 0 aromatic rings. The average Bonchev–Trinajstić information content (AvgIpc) is 1.83. The molecular weight excluding hydrogens is 108 g/mol. The summed E-state index contributed by atoms with van der Waals surface area (Å²) in [6.45, 7) is 0.324. The molecule has 0 amide bonds. The molecule has 0 aliphatic carbocycles. The van der Waals surface area contributed by atoms with Crippen molar-refractivity contribution in [2.75, 3.05) is 20.3 Å². The fourth-order valence-electron chi connectivity index (χ4n) is 0.345. The number of aliphatic hydroxyl groups excluding tert-OH is 2. The molecule has 0 aromatic heterocycles. The van der Waals surface area contributed by atoms with Crippen molar-refractivity contribution in [2.24, 2.45) is 0 Å². The molecule has 0 bridgehead atoms. The molecule has 50 valence electrons. The molecule has 0 spiro atoms. The summed E-state index contributed by atoms with van der Waals surface area (Å²) in [6, 6.07) is 0. The lowest BCUT2D eigenvalue weighted by atomic mass is 10.3. The van der Waals surface area contributed by atoms with Crippen molar-refractivity contribution >= 4 is 0 Å². The molecule has 3 heteroatoms. The van der Waals surface area contributed by atoms with Gasteiger partial charge in [0, 0.05) is 13.7 Å². The second-order valence-electron chi connectivity index (χ2n) is 1.62. The van der Waals surface area contributed by atoms with Crippen LogP contribution in [-0.4, -0.2) is 36.6 Å². The number of methoxy groups -OCH3 is 1. The third-order valence-corrected chi connectivity index (χ3v) is 0.866. The summed E-state index contributed by atoms with van der Waals surface area (Å²) in [6.07, 6.45) is -0.109. The summed E-state index contributed by atoms with van der Waals surface area (Å²) in [5.41, 5.74) is 0. The Bertz CT molecular complexity index is 46.9. The Morgan fingerprint density at radius 2 is 2.25 bits per heavy atom. The van der Waals surface area contributed by atoms with E-state index in [1.807, 2.05) is 0 Å². The molecule has 0 saturated carbocycles. The Hall–Kier alpha value is -0.120. The van der Waals surface area contributed by atoms with Crippen LogP contribution in [0.15, 0.2) is 0 Å². The van der Waals surface area contributed by atoms with Gasteiger partial charge in [0.2, 0.25) is 0 Å². The number of rotatable bonds is 4. The highest BCUT2D eigenvalue weighted by Gasteiger charge is 1.98. The second-order valence-corrected chi connectivity index (χ2v) is 1.62. The van der Waals surface area contributed by atoms with E-state index in [2.05, 4.69) is 4.74 Å². The van der Waals surface area contributed by atoms with E-state index < -0.39 is 6.10 Å². The SMILES string of the molecule is COCC[C@@H](O)CO. The maximum absolute atomic E-state index is 8.66. The topological polar surface area (TPSA) is 49.7 Å². The first-order chi connectivity index (χ1) is 3.81. The minimum atomic E-state index is -0.616. The number of hydrogen-bond acceptors (Lipinski definition) is 3. The van der Waals surface area contributed by atoms with Gasteiger partial charge < -0.3 is 14.9 Å². The highest BCUT2D eigenvalue weighted by Crippen LogP contribution is 1.87. The van der Waals surface area contributed by atoms with Gasteiger partial charge in [0.25, 0.3) is 0 Å². The first-order valence-corrected chi connectivity index (χ1v) is 2.59. The van der Waals surface area contributed by atoms with Crippen LogP contribution in [0.2, 0.25) is 0 Å². The van der Waals surface area contributed by atoms with Crippen molar-refractivity contribution in [3.63, 3.8) is 0 Å². The Labute approximate surface area is 48.9 Å². The molecule has 0 aliphatic rings. The Kier molecular flexibility index (Phi) is 4.95. The quantitative estimate of drug-likeness (QED) is 0.519. The van der Waals surface area contributed by atoms with Crippen molar-refractivity contribution in [3.05, 3.63) is 0 Å². The van der Waals surface area contributed by atoms with Crippen LogP contribution in [0, 0.1) is 0 Å². The van der Waals surface area contributed by atoms with Crippen molar-refractivity contribution in [2.45, 2.75) is 12.5 Å². The zero-order valence-corrected chi connectivity index (χ0v) is 5.00. The predicted octanol–water partition coefficient (Wildman–Crippen LogP) is -0.624. The number of aliphatic hydroxyl groups is 2. The molecule has 8 heavy (non-hydrogen) atoms. The zero-order valence-electron chi connectivity index (χ0n) is 5.00. The van der Waals surface area contributed by atoms with Crippen LogP contribution in [0.1, 0.15) is 6.42 Å². The molecule has 0 rings (SSSR count). The Balaban J connectivity index is 2.86. The first-order valence-electron chi connectivity index (χ1n) is 2.59. The lowest BCUT2D eigenvalue weighted by Gasteiger charge is -2.03. The summed E-state index contributed by atoms with van der Waals surface area (Å²) in [5, 5.41) is 16.9. The summed E-state index contributed by atoms with van der Waals surface area (Å²) in [7, 11) is 1.56. The van der Waals surface area contributed by atoms with Crippen molar-refractivity contribution in [1.82, 2.24) is 0 Å². The maximum atomic E-state index is 8.66. The minimum Gasteiger partial charge on any atom is -0.394 e. The van der Waals surface area contributed by atoms with Crippen LogP contribution >= 0.6 is 0 Å². The van der Waals surface area contributed by atoms with Gasteiger partial charge >= 0.3 is 0 Å². The van der Waals surface area contributed by atoms with Gasteiger partial charge in [-0.2, -0.15) is 0 Å². The fraction of sp³-hybridized carbons (Fsp3) is 1.00. The Morgan fingerprint density at radius 3 is 2.62 bits per heavy atom. The van der Waals surface area contributed by atoms with E-state index in [0.29, 0.717) is 13.0 Å². The molecule has 2 N–H and O–H groups in total. The minimum absolute atomic E-state index is 0.177. The van der Waals surface area contributed by atoms with Crippen molar-refractivity contribution in [1.29, 1.82) is 0 Å². The van der Waals surface area contributed by atoms with Gasteiger partial charge in [-0.15, -0.1) is 0 Å². The van der Waals surface area contributed by atoms with E-state index in [1.165, 1.54) is 0 Å². The van der Waals surface area contributed by atoms with E-state index in [1.54, 1.807) is 7.11 Å². The van der Waals surface area contributed by atoms with E-state index in [-0.39, 0.29) is 6.61 Å². The van der Waals surface area contributed by atoms with Gasteiger partial charge in [0.15, 0.2) is 0 Å². The van der Waals surface area contributed by atoms with Gasteiger partial charge in [0.1, 0.15) is 0 Å². The Morgan fingerprint density at radius 1 is 1.62 bits per heavy atom. The first kappa shape index (κ1) is 7.88. The number of ether oxygens (including phenoxy) is 1. The van der Waals surface area contributed by atoms with Crippen molar-refractivity contribution in [3.8, 4) is 0 Å². The normalized spacial score (nSPS) is 13.9. The van der Waals surface area contributed by atoms with E-state index in [4.69, 9.17) is 10.2 Å². The predicted molar refractivity (Wildman–Crippen MR) is 29.6 cm³/mol. The van der Waals surface area contributed by atoms with Crippen LogP contribution in [0.3, 0.4) is 0 Å². The van der Waals surface area contributed by atoms with Crippen LogP contribution in [0.5, 0.6) is 0 Å². The van der Waals surface area contributed by atoms with Crippen LogP contribution in [0.25, 0.3) is 0 Å². The fourth-order valence-corrected chi connectivity index (χ4v) is 0.345. The molecule has 0 radical (unpaired) electrons. The molecule has 0 aromatic carbocycles. The summed E-state index contributed by atoms with van der Waals surface area (Å²) >= 11 is 0. The van der Waals surface area contributed by atoms with Gasteiger partial charge in [-0.1, -0.05) is 0 Å². The largest absolute Gasteiger partial charge is 0.394 e. The van der Waals surface area contributed by atoms with Gasteiger partial charge in [-0.25, -0.2) is 0 Å². The van der Waals surface area contributed by atoms with Crippen molar-refractivity contribution < 1.29 is 14.9 Å².